The third kappa shape index (κ3) is 3.12. The third-order valence-corrected chi connectivity index (χ3v) is 4.90. The lowest BCUT2D eigenvalue weighted by atomic mass is 10.2. The molecule has 3 aliphatic heterocycles. The fourth-order valence-corrected chi connectivity index (χ4v) is 3.72. The monoisotopic (exact) mass is 343 g/mol. The molecule has 0 unspecified atom stereocenters. The van der Waals surface area contributed by atoms with Crippen LogP contribution in [-0.4, -0.2) is 42.4 Å². The van der Waals surface area contributed by atoms with Crippen LogP contribution in [0.3, 0.4) is 0 Å². The lowest BCUT2D eigenvalue weighted by Crippen LogP contribution is -2.26. The lowest BCUT2D eigenvalue weighted by Gasteiger charge is -2.16. The highest BCUT2D eigenvalue weighted by Crippen LogP contribution is 2.33. The summed E-state index contributed by atoms with van der Waals surface area (Å²) in [4.78, 5) is 18.6. The summed E-state index contributed by atoms with van der Waals surface area (Å²) in [5.74, 6) is 1.35. The zero-order valence-electron chi connectivity index (χ0n) is 13.0. The van der Waals surface area contributed by atoms with E-state index < -0.39 is 0 Å². The van der Waals surface area contributed by atoms with Gasteiger partial charge >= 0.3 is 0 Å². The van der Waals surface area contributed by atoms with Crippen molar-refractivity contribution in [3.05, 3.63) is 40.9 Å². The van der Waals surface area contributed by atoms with Crippen LogP contribution in [0.15, 0.2) is 40.4 Å². The highest BCUT2D eigenvalue weighted by molar-refractivity contribution is 8.16. The number of amides is 1. The van der Waals surface area contributed by atoms with Crippen molar-refractivity contribution in [2.45, 2.75) is 6.42 Å². The molecule has 0 fully saturated rings. The summed E-state index contributed by atoms with van der Waals surface area (Å²) < 4.78 is 10.6. The van der Waals surface area contributed by atoms with Crippen LogP contribution >= 0.6 is 11.8 Å². The molecule has 0 aliphatic carbocycles. The number of hydrogen-bond acceptors (Lipinski definition) is 6. The molecular weight excluding hydrogens is 326 g/mol. The first kappa shape index (κ1) is 15.1. The first-order valence-corrected chi connectivity index (χ1v) is 8.71. The molecule has 24 heavy (non-hydrogen) atoms. The van der Waals surface area contributed by atoms with Crippen molar-refractivity contribution in [3.8, 4) is 11.5 Å². The largest absolute Gasteiger partial charge is 0.454 e. The van der Waals surface area contributed by atoms with E-state index >= 15 is 0 Å². The van der Waals surface area contributed by atoms with Gasteiger partial charge in [0.15, 0.2) is 16.7 Å². The Kier molecular flexibility index (Phi) is 4.17. The van der Waals surface area contributed by atoms with Crippen LogP contribution < -0.4 is 14.8 Å². The molecule has 1 amide bonds. The van der Waals surface area contributed by atoms with Gasteiger partial charge in [-0.3, -0.25) is 9.79 Å². The van der Waals surface area contributed by atoms with E-state index in [1.54, 1.807) is 17.8 Å². The summed E-state index contributed by atoms with van der Waals surface area (Å²) in [6.07, 6.45) is 4.13. The van der Waals surface area contributed by atoms with Gasteiger partial charge < -0.3 is 19.7 Å². The maximum atomic E-state index is 11.9. The van der Waals surface area contributed by atoms with Crippen LogP contribution in [0.4, 0.5) is 0 Å². The van der Waals surface area contributed by atoms with Crippen LogP contribution in [0.5, 0.6) is 11.5 Å². The maximum absolute atomic E-state index is 11.9. The second-order valence-electron chi connectivity index (χ2n) is 5.53. The first-order chi connectivity index (χ1) is 11.8. The van der Waals surface area contributed by atoms with Gasteiger partial charge in [-0.15, -0.1) is 0 Å². The number of carbonyl (C=O) groups excluding carboxylic acids is 1. The number of nitrogens with zero attached hydrogens (tertiary/aromatic N) is 2. The van der Waals surface area contributed by atoms with Gasteiger partial charge in [0.1, 0.15) is 0 Å². The van der Waals surface area contributed by atoms with Crippen LogP contribution in [0.25, 0.3) is 6.08 Å². The molecule has 6 nitrogen and oxygen atoms in total. The molecule has 0 saturated heterocycles. The molecule has 0 bridgehead atoms. The fourth-order valence-electron chi connectivity index (χ4n) is 2.73. The van der Waals surface area contributed by atoms with Gasteiger partial charge in [0, 0.05) is 31.3 Å². The molecule has 1 N–H and O–H groups in total. The number of aliphatic imine (C=N–C) groups is 1. The Balaban J connectivity index is 1.26. The number of benzene rings is 1. The zero-order chi connectivity index (χ0) is 16.4. The number of rotatable bonds is 5. The van der Waals surface area contributed by atoms with Crippen molar-refractivity contribution in [2.75, 3.05) is 26.4 Å². The van der Waals surface area contributed by atoms with E-state index in [1.807, 2.05) is 18.2 Å². The average molecular weight is 343 g/mol. The Hall–Kier alpha value is -2.41. The normalized spacial score (nSPS) is 17.9. The van der Waals surface area contributed by atoms with Crippen molar-refractivity contribution in [3.63, 3.8) is 0 Å². The van der Waals surface area contributed by atoms with Crippen molar-refractivity contribution in [2.24, 2.45) is 4.99 Å². The highest BCUT2D eigenvalue weighted by Gasteiger charge is 2.25. The SMILES string of the molecule is O=C(C=Cc1ccc2c(c1)OCO2)NCCC1=CSC2=NCCN12. The van der Waals surface area contributed by atoms with Gasteiger partial charge in [-0.05, 0) is 29.2 Å². The number of nitrogens with one attached hydrogen (secondary N) is 1. The van der Waals surface area contributed by atoms with Crippen LogP contribution in [0, 0.1) is 0 Å². The van der Waals surface area contributed by atoms with Crippen LogP contribution in [0.1, 0.15) is 12.0 Å². The molecule has 1 aromatic carbocycles. The predicted molar refractivity (Wildman–Crippen MR) is 93.9 cm³/mol. The summed E-state index contributed by atoms with van der Waals surface area (Å²) in [6.45, 7) is 2.68. The Morgan fingerprint density at radius 1 is 1.38 bits per heavy atom. The third-order valence-electron chi connectivity index (χ3n) is 3.95. The molecule has 124 valence electrons. The number of amidine groups is 1. The minimum atomic E-state index is -0.103. The smallest absolute Gasteiger partial charge is 0.244 e. The zero-order valence-corrected chi connectivity index (χ0v) is 13.8. The standard InChI is InChI=1S/C17H17N3O3S/c21-16(4-2-12-1-3-14-15(9-12)23-11-22-14)18-6-5-13-10-24-17-19-7-8-20(13)17/h1-4,9-10H,5-8,11H2,(H,18,21). The van der Waals surface area contributed by atoms with Gasteiger partial charge in [-0.2, -0.15) is 0 Å². The van der Waals surface area contributed by atoms with E-state index in [2.05, 4.69) is 20.6 Å². The summed E-state index contributed by atoms with van der Waals surface area (Å²) in [6, 6.07) is 5.60. The number of fused-ring (bicyclic) bond motifs is 2. The van der Waals surface area contributed by atoms with Crippen molar-refractivity contribution >= 4 is 28.9 Å². The summed E-state index contributed by atoms with van der Waals surface area (Å²) in [7, 11) is 0. The van der Waals surface area contributed by atoms with Crippen LogP contribution in [-0.2, 0) is 4.79 Å². The molecular formula is C17H17N3O3S. The molecule has 4 rings (SSSR count). The molecule has 0 radical (unpaired) electrons. The molecule has 0 saturated carbocycles. The van der Waals surface area contributed by atoms with Crippen molar-refractivity contribution in [1.29, 1.82) is 0 Å². The molecule has 0 atom stereocenters. The second kappa shape index (κ2) is 6.60. The Morgan fingerprint density at radius 2 is 2.29 bits per heavy atom. The van der Waals surface area contributed by atoms with E-state index in [0.29, 0.717) is 12.3 Å². The summed E-state index contributed by atoms with van der Waals surface area (Å²) in [5.41, 5.74) is 2.14. The average Bonchev–Trinajstić information content (AvgIpc) is 3.30. The Bertz CT molecular complexity index is 757. The van der Waals surface area contributed by atoms with E-state index in [1.165, 1.54) is 11.8 Å². The van der Waals surface area contributed by atoms with E-state index in [4.69, 9.17) is 9.47 Å². The molecule has 1 aromatic rings. The summed E-state index contributed by atoms with van der Waals surface area (Å²) in [5, 5.41) is 6.11. The van der Waals surface area contributed by atoms with Crippen molar-refractivity contribution < 1.29 is 14.3 Å². The van der Waals surface area contributed by atoms with E-state index in [-0.39, 0.29) is 12.7 Å². The topological polar surface area (TPSA) is 63.2 Å². The van der Waals surface area contributed by atoms with Gasteiger partial charge in [0.05, 0.1) is 6.54 Å². The van der Waals surface area contributed by atoms with Gasteiger partial charge in [0.2, 0.25) is 12.7 Å². The van der Waals surface area contributed by atoms with Gasteiger partial charge in [0.25, 0.3) is 0 Å². The molecule has 7 heteroatoms. The highest BCUT2D eigenvalue weighted by atomic mass is 32.2. The molecule has 3 heterocycles. The lowest BCUT2D eigenvalue weighted by molar-refractivity contribution is -0.116. The number of hydrogen-bond donors (Lipinski definition) is 1. The predicted octanol–water partition coefficient (Wildman–Crippen LogP) is 2.19. The second-order valence-corrected chi connectivity index (χ2v) is 6.37. The number of thioether (sulfide) groups is 1. The minimum Gasteiger partial charge on any atom is -0.454 e. The fraction of sp³-hybridized carbons (Fsp3) is 0.294. The Morgan fingerprint density at radius 3 is 3.25 bits per heavy atom. The van der Waals surface area contributed by atoms with E-state index in [0.717, 1.165) is 36.0 Å². The number of ether oxygens (including phenoxy) is 2. The molecule has 3 aliphatic rings. The molecule has 0 aromatic heterocycles. The van der Waals surface area contributed by atoms with Crippen molar-refractivity contribution in [1.82, 2.24) is 10.2 Å². The molecule has 0 spiro atoms. The Labute approximate surface area is 144 Å². The van der Waals surface area contributed by atoms with Crippen LogP contribution in [0.2, 0.25) is 0 Å². The van der Waals surface area contributed by atoms with E-state index in [9.17, 15) is 4.79 Å². The minimum absolute atomic E-state index is 0.103. The number of carbonyl (C=O) groups is 1. The summed E-state index contributed by atoms with van der Waals surface area (Å²) >= 11 is 1.66. The van der Waals surface area contributed by atoms with Gasteiger partial charge in [-0.25, -0.2) is 0 Å². The van der Waals surface area contributed by atoms with Gasteiger partial charge in [-0.1, -0.05) is 17.8 Å². The first-order valence-electron chi connectivity index (χ1n) is 7.83. The maximum Gasteiger partial charge on any atom is 0.244 e. The quantitative estimate of drug-likeness (QED) is 0.831.